The lowest BCUT2D eigenvalue weighted by atomic mass is 9.84. The van der Waals surface area contributed by atoms with Crippen molar-refractivity contribution in [2.75, 3.05) is 26.4 Å². The highest BCUT2D eigenvalue weighted by atomic mass is 32.1. The van der Waals surface area contributed by atoms with Crippen molar-refractivity contribution in [1.82, 2.24) is 5.32 Å². The van der Waals surface area contributed by atoms with Crippen LogP contribution in [0.4, 0.5) is 0 Å². The van der Waals surface area contributed by atoms with Gasteiger partial charge in [-0.25, -0.2) is 0 Å². The maximum Gasteiger partial charge on any atom is 0.0536 e. The molecule has 0 saturated carbocycles. The lowest BCUT2D eigenvalue weighted by molar-refractivity contribution is 0.124. The van der Waals surface area contributed by atoms with Crippen LogP contribution >= 0.6 is 11.3 Å². The second-order valence-electron chi connectivity index (χ2n) is 5.64. The van der Waals surface area contributed by atoms with Gasteiger partial charge in [-0.2, -0.15) is 0 Å². The van der Waals surface area contributed by atoms with E-state index in [2.05, 4.69) is 35.0 Å². The van der Waals surface area contributed by atoms with E-state index in [4.69, 9.17) is 4.74 Å². The van der Waals surface area contributed by atoms with Gasteiger partial charge in [-0.3, -0.25) is 0 Å². The molecule has 1 aromatic carbocycles. The third-order valence-electron chi connectivity index (χ3n) is 4.20. The molecular weight excluding hydrogens is 270 g/mol. The predicted molar refractivity (Wildman–Crippen MR) is 83.1 cm³/mol. The van der Waals surface area contributed by atoms with Crippen molar-refractivity contribution in [3.63, 3.8) is 0 Å². The molecule has 1 fully saturated rings. The van der Waals surface area contributed by atoms with Crippen LogP contribution in [0.1, 0.15) is 18.4 Å². The maximum absolute atomic E-state index is 9.23. The SMILES string of the molecule is OCCC1(CNCc2csc3ccccc23)CCOC1. The number of hydrogen-bond donors (Lipinski definition) is 2. The van der Waals surface area contributed by atoms with Crippen LogP contribution in [0.3, 0.4) is 0 Å². The zero-order valence-corrected chi connectivity index (χ0v) is 12.4. The molecule has 2 N–H and O–H groups in total. The molecule has 2 heterocycles. The quantitative estimate of drug-likeness (QED) is 0.860. The van der Waals surface area contributed by atoms with Crippen molar-refractivity contribution in [3.8, 4) is 0 Å². The standard InChI is InChI=1S/C16H21NO2S/c18-7-5-16(6-8-19-12-16)11-17-9-13-10-20-15-4-2-1-3-14(13)15/h1-4,10,17-18H,5-9,11-12H2. The highest BCUT2D eigenvalue weighted by Crippen LogP contribution is 2.32. The predicted octanol–water partition coefficient (Wildman–Crippen LogP) is 2.78. The van der Waals surface area contributed by atoms with Crippen LogP contribution < -0.4 is 5.32 Å². The van der Waals surface area contributed by atoms with Crippen LogP contribution in [0.5, 0.6) is 0 Å². The summed E-state index contributed by atoms with van der Waals surface area (Å²) in [4.78, 5) is 0. The van der Waals surface area contributed by atoms with E-state index in [-0.39, 0.29) is 12.0 Å². The van der Waals surface area contributed by atoms with Gasteiger partial charge in [-0.1, -0.05) is 18.2 Å². The summed E-state index contributed by atoms with van der Waals surface area (Å²) in [6, 6.07) is 8.53. The average Bonchev–Trinajstić information content (AvgIpc) is 3.08. The zero-order valence-electron chi connectivity index (χ0n) is 11.6. The number of aliphatic hydroxyl groups is 1. The summed E-state index contributed by atoms with van der Waals surface area (Å²) in [6.45, 7) is 3.63. The van der Waals surface area contributed by atoms with E-state index in [0.717, 1.165) is 39.1 Å². The van der Waals surface area contributed by atoms with Gasteiger partial charge in [0.25, 0.3) is 0 Å². The normalized spacial score (nSPS) is 22.6. The summed E-state index contributed by atoms with van der Waals surface area (Å²) in [6.07, 6.45) is 1.87. The lowest BCUT2D eigenvalue weighted by Crippen LogP contribution is -2.35. The molecule has 1 saturated heterocycles. The largest absolute Gasteiger partial charge is 0.396 e. The number of benzene rings is 1. The Balaban J connectivity index is 1.62. The minimum Gasteiger partial charge on any atom is -0.396 e. The molecule has 3 rings (SSSR count). The number of rotatable bonds is 6. The molecule has 2 aromatic rings. The Kier molecular flexibility index (Phi) is 4.36. The van der Waals surface area contributed by atoms with Crippen molar-refractivity contribution >= 4 is 21.4 Å². The van der Waals surface area contributed by atoms with Gasteiger partial charge < -0.3 is 15.2 Å². The Bertz CT molecular complexity index is 560. The van der Waals surface area contributed by atoms with Gasteiger partial charge in [-0.15, -0.1) is 11.3 Å². The molecule has 1 aliphatic rings. The molecule has 0 spiro atoms. The van der Waals surface area contributed by atoms with E-state index in [1.165, 1.54) is 15.6 Å². The summed E-state index contributed by atoms with van der Waals surface area (Å²) in [7, 11) is 0. The van der Waals surface area contributed by atoms with Crippen LogP contribution in [-0.4, -0.2) is 31.5 Å². The van der Waals surface area contributed by atoms with E-state index >= 15 is 0 Å². The summed E-state index contributed by atoms with van der Waals surface area (Å²) in [5.41, 5.74) is 1.49. The second-order valence-corrected chi connectivity index (χ2v) is 6.55. The fraction of sp³-hybridized carbons (Fsp3) is 0.500. The monoisotopic (exact) mass is 291 g/mol. The zero-order chi connectivity index (χ0) is 13.8. The minimum atomic E-state index is 0.126. The number of thiophene rings is 1. The first-order valence-corrected chi connectivity index (χ1v) is 8.05. The second kappa shape index (κ2) is 6.22. The van der Waals surface area contributed by atoms with Crippen molar-refractivity contribution in [2.45, 2.75) is 19.4 Å². The summed E-state index contributed by atoms with van der Waals surface area (Å²) in [5, 5.41) is 16.4. The van der Waals surface area contributed by atoms with Crippen LogP contribution in [0.2, 0.25) is 0 Å². The Morgan fingerprint density at radius 2 is 2.25 bits per heavy atom. The Hall–Kier alpha value is -0.940. The fourth-order valence-electron chi connectivity index (χ4n) is 2.94. The van der Waals surface area contributed by atoms with Crippen molar-refractivity contribution < 1.29 is 9.84 Å². The van der Waals surface area contributed by atoms with Gasteiger partial charge in [0.15, 0.2) is 0 Å². The molecule has 0 aliphatic carbocycles. The molecule has 108 valence electrons. The Morgan fingerprint density at radius 1 is 1.35 bits per heavy atom. The van der Waals surface area contributed by atoms with Crippen molar-refractivity contribution in [2.24, 2.45) is 5.41 Å². The number of hydrogen-bond acceptors (Lipinski definition) is 4. The van der Waals surface area contributed by atoms with E-state index in [9.17, 15) is 5.11 Å². The summed E-state index contributed by atoms with van der Waals surface area (Å²) < 4.78 is 6.87. The molecule has 0 radical (unpaired) electrons. The molecule has 20 heavy (non-hydrogen) atoms. The first-order valence-electron chi connectivity index (χ1n) is 7.17. The Morgan fingerprint density at radius 3 is 3.05 bits per heavy atom. The Labute approximate surface area is 123 Å². The summed E-state index contributed by atoms with van der Waals surface area (Å²) in [5.74, 6) is 0. The minimum absolute atomic E-state index is 0.126. The number of fused-ring (bicyclic) bond motifs is 1. The third kappa shape index (κ3) is 2.88. The average molecular weight is 291 g/mol. The molecule has 1 atom stereocenters. The van der Waals surface area contributed by atoms with Gasteiger partial charge in [-0.05, 0) is 35.2 Å². The molecule has 0 bridgehead atoms. The molecular formula is C16H21NO2S. The highest BCUT2D eigenvalue weighted by Gasteiger charge is 2.33. The third-order valence-corrected chi connectivity index (χ3v) is 5.22. The van der Waals surface area contributed by atoms with Gasteiger partial charge in [0, 0.05) is 36.4 Å². The molecule has 1 unspecified atom stereocenters. The first kappa shape index (κ1) is 14.0. The number of nitrogens with one attached hydrogen (secondary N) is 1. The molecule has 1 aromatic heterocycles. The number of ether oxygens (including phenoxy) is 1. The van der Waals surface area contributed by atoms with E-state index in [0.29, 0.717) is 0 Å². The van der Waals surface area contributed by atoms with Crippen molar-refractivity contribution in [3.05, 3.63) is 35.2 Å². The lowest BCUT2D eigenvalue weighted by Gasteiger charge is -2.26. The number of aliphatic hydroxyl groups excluding tert-OH is 1. The molecule has 4 heteroatoms. The topological polar surface area (TPSA) is 41.5 Å². The van der Waals surface area contributed by atoms with E-state index in [1.54, 1.807) is 11.3 Å². The van der Waals surface area contributed by atoms with Crippen LogP contribution in [0.25, 0.3) is 10.1 Å². The van der Waals surface area contributed by atoms with Gasteiger partial charge >= 0.3 is 0 Å². The van der Waals surface area contributed by atoms with E-state index in [1.807, 2.05) is 0 Å². The first-order chi connectivity index (χ1) is 9.83. The van der Waals surface area contributed by atoms with Gasteiger partial charge in [0.05, 0.1) is 6.61 Å². The van der Waals surface area contributed by atoms with Crippen LogP contribution in [0, 0.1) is 5.41 Å². The van der Waals surface area contributed by atoms with Crippen LogP contribution in [0.15, 0.2) is 29.6 Å². The molecule has 3 nitrogen and oxygen atoms in total. The fourth-order valence-corrected chi connectivity index (χ4v) is 3.91. The summed E-state index contributed by atoms with van der Waals surface area (Å²) >= 11 is 1.80. The van der Waals surface area contributed by atoms with Gasteiger partial charge in [0.1, 0.15) is 0 Å². The maximum atomic E-state index is 9.23. The molecule has 1 aliphatic heterocycles. The molecule has 0 amide bonds. The van der Waals surface area contributed by atoms with Crippen LogP contribution in [-0.2, 0) is 11.3 Å². The highest BCUT2D eigenvalue weighted by molar-refractivity contribution is 7.17. The van der Waals surface area contributed by atoms with E-state index < -0.39 is 0 Å². The smallest absolute Gasteiger partial charge is 0.0536 e. The van der Waals surface area contributed by atoms with Crippen molar-refractivity contribution in [1.29, 1.82) is 0 Å². The van der Waals surface area contributed by atoms with Gasteiger partial charge in [0.2, 0.25) is 0 Å².